The van der Waals surface area contributed by atoms with E-state index in [9.17, 15) is 5.11 Å². The zero-order chi connectivity index (χ0) is 30.2. The van der Waals surface area contributed by atoms with Crippen LogP contribution in [-0.4, -0.2) is 16.3 Å². The van der Waals surface area contributed by atoms with Gasteiger partial charge in [0.25, 0.3) is 0 Å². The van der Waals surface area contributed by atoms with Crippen molar-refractivity contribution >= 4 is 33.5 Å². The van der Waals surface area contributed by atoms with Crippen molar-refractivity contribution in [3.63, 3.8) is 0 Å². The van der Waals surface area contributed by atoms with Gasteiger partial charge in [-0.25, -0.2) is 4.98 Å². The highest BCUT2D eigenvalue weighted by Crippen LogP contribution is 2.40. The van der Waals surface area contributed by atoms with E-state index in [-0.39, 0.29) is 10.8 Å². The number of benzene rings is 4. The van der Waals surface area contributed by atoms with E-state index in [0.717, 1.165) is 49.6 Å². The summed E-state index contributed by atoms with van der Waals surface area (Å²) in [7, 11) is 0. The molecule has 0 bridgehead atoms. The Labute approximate surface area is 255 Å². The Balaban J connectivity index is 1.57. The van der Waals surface area contributed by atoms with Gasteiger partial charge in [0.2, 0.25) is 0 Å². The van der Waals surface area contributed by atoms with Crippen molar-refractivity contribution in [3.8, 4) is 27.4 Å². The van der Waals surface area contributed by atoms with Crippen molar-refractivity contribution in [1.29, 1.82) is 0 Å². The largest absolute Gasteiger partial charge is 0.507 e. The summed E-state index contributed by atoms with van der Waals surface area (Å²) in [5.74, 6) is 0.901. The number of hydrogen-bond donors (Lipinski definition) is 1. The Bertz CT molecular complexity index is 1760. The lowest BCUT2D eigenvalue weighted by Gasteiger charge is -2.27. The fourth-order valence-electron chi connectivity index (χ4n) is 5.30. The number of rotatable bonds is 6. The van der Waals surface area contributed by atoms with Crippen molar-refractivity contribution in [3.05, 3.63) is 101 Å². The van der Waals surface area contributed by atoms with Crippen LogP contribution in [0.15, 0.2) is 83.9 Å². The average molecular weight is 575 g/mol. The van der Waals surface area contributed by atoms with Crippen LogP contribution in [0, 0.1) is 5.92 Å². The van der Waals surface area contributed by atoms with E-state index in [1.54, 1.807) is 17.6 Å². The molecule has 0 aliphatic rings. The van der Waals surface area contributed by atoms with Crippen LogP contribution in [0.3, 0.4) is 0 Å². The number of aromatic nitrogens is 1. The highest BCUT2D eigenvalue weighted by atomic mass is 32.1. The lowest BCUT2D eigenvalue weighted by atomic mass is 9.79. The average Bonchev–Trinajstić information content (AvgIpc) is 3.35. The summed E-state index contributed by atoms with van der Waals surface area (Å²) in [6.07, 6.45) is 2.86. The van der Waals surface area contributed by atoms with Gasteiger partial charge in [0, 0.05) is 28.5 Å². The van der Waals surface area contributed by atoms with Gasteiger partial charge < -0.3 is 5.11 Å². The molecule has 1 heterocycles. The molecule has 3 nitrogen and oxygen atoms in total. The van der Waals surface area contributed by atoms with Gasteiger partial charge in [-0.2, -0.15) is 0 Å². The number of nitrogens with zero attached hydrogens (tertiary/aromatic N) is 2. The minimum atomic E-state index is -0.196. The van der Waals surface area contributed by atoms with Gasteiger partial charge in [-0.05, 0) is 64.1 Å². The van der Waals surface area contributed by atoms with E-state index >= 15 is 0 Å². The molecule has 0 unspecified atom stereocenters. The molecule has 1 aromatic heterocycles. The third kappa shape index (κ3) is 6.34. The maximum absolute atomic E-state index is 11.3. The first kappa shape index (κ1) is 29.7. The first-order valence-corrected chi connectivity index (χ1v) is 15.6. The minimum absolute atomic E-state index is 0.0544. The Morgan fingerprint density at radius 2 is 1.55 bits per heavy atom. The third-order valence-corrected chi connectivity index (χ3v) is 8.65. The third-order valence-electron chi connectivity index (χ3n) is 7.59. The summed E-state index contributed by atoms with van der Waals surface area (Å²) in [6, 6.07) is 27.6. The van der Waals surface area contributed by atoms with Gasteiger partial charge in [0.05, 0.1) is 15.9 Å². The first-order chi connectivity index (χ1) is 19.8. The lowest BCUT2D eigenvalue weighted by Crippen LogP contribution is -2.17. The molecular formula is C38H42N2OS. The molecule has 1 N–H and O–H groups in total. The van der Waals surface area contributed by atoms with E-state index in [1.165, 1.54) is 16.7 Å². The van der Waals surface area contributed by atoms with Crippen molar-refractivity contribution in [1.82, 2.24) is 4.98 Å². The molecule has 0 radical (unpaired) electrons. The summed E-state index contributed by atoms with van der Waals surface area (Å²) in [5.41, 5.74) is 9.12. The fourth-order valence-corrected chi connectivity index (χ4v) is 6.33. The number of aromatic hydroxyl groups is 1. The zero-order valence-corrected chi connectivity index (χ0v) is 26.9. The smallest absolute Gasteiger partial charge is 0.128 e. The topological polar surface area (TPSA) is 45.5 Å². The van der Waals surface area contributed by atoms with Gasteiger partial charge in [-0.1, -0.05) is 110 Å². The molecule has 0 aliphatic heterocycles. The summed E-state index contributed by atoms with van der Waals surface area (Å²) >= 11 is 1.69. The molecule has 0 amide bonds. The molecule has 42 heavy (non-hydrogen) atoms. The molecule has 216 valence electrons. The summed E-state index contributed by atoms with van der Waals surface area (Å²) < 4.78 is 1.15. The molecule has 4 aromatic carbocycles. The molecule has 0 saturated heterocycles. The van der Waals surface area contributed by atoms with Crippen LogP contribution >= 0.6 is 11.3 Å². The number of phenols is 1. The lowest BCUT2D eigenvalue weighted by molar-refractivity contribution is 0.444. The van der Waals surface area contributed by atoms with Crippen LogP contribution in [0.4, 0.5) is 5.69 Å². The van der Waals surface area contributed by atoms with E-state index in [0.29, 0.717) is 11.7 Å². The van der Waals surface area contributed by atoms with Gasteiger partial charge in [-0.3, -0.25) is 4.99 Å². The maximum atomic E-state index is 11.3. The maximum Gasteiger partial charge on any atom is 0.128 e. The Morgan fingerprint density at radius 3 is 2.26 bits per heavy atom. The highest BCUT2D eigenvalue weighted by Gasteiger charge is 2.24. The monoisotopic (exact) mass is 574 g/mol. The Hall–Kier alpha value is -3.76. The molecule has 0 aliphatic carbocycles. The van der Waals surface area contributed by atoms with E-state index in [4.69, 9.17) is 9.98 Å². The number of aliphatic imine (C=N–C) groups is 1. The number of hydrogen-bond acceptors (Lipinski definition) is 4. The van der Waals surface area contributed by atoms with Crippen LogP contribution in [-0.2, 0) is 17.3 Å². The number of fused-ring (bicyclic) bond motifs is 1. The number of para-hydroxylation sites is 2. The molecular weight excluding hydrogens is 532 g/mol. The molecule has 0 spiro atoms. The summed E-state index contributed by atoms with van der Waals surface area (Å²) in [6.45, 7) is 17.5. The second-order valence-corrected chi connectivity index (χ2v) is 14.7. The highest BCUT2D eigenvalue weighted by molar-refractivity contribution is 7.21. The normalized spacial score (nSPS) is 12.6. The molecule has 0 fully saturated rings. The number of phenolic OH excluding ortho intramolecular Hbond substituents is 1. The van der Waals surface area contributed by atoms with Crippen LogP contribution in [0.5, 0.6) is 5.75 Å². The van der Waals surface area contributed by atoms with Crippen molar-refractivity contribution in [2.24, 2.45) is 10.9 Å². The van der Waals surface area contributed by atoms with Crippen molar-refractivity contribution in [2.45, 2.75) is 72.6 Å². The van der Waals surface area contributed by atoms with Gasteiger partial charge in [0.1, 0.15) is 10.8 Å². The van der Waals surface area contributed by atoms with Gasteiger partial charge in [-0.15, -0.1) is 11.3 Å². The molecule has 0 atom stereocenters. The summed E-state index contributed by atoms with van der Waals surface area (Å²) in [4.78, 5) is 10.1. The van der Waals surface area contributed by atoms with E-state index in [1.807, 2.05) is 18.2 Å². The van der Waals surface area contributed by atoms with Gasteiger partial charge >= 0.3 is 0 Å². The van der Waals surface area contributed by atoms with Crippen LogP contribution in [0.1, 0.15) is 77.6 Å². The van der Waals surface area contributed by atoms with Gasteiger partial charge in [0.15, 0.2) is 0 Å². The second kappa shape index (κ2) is 11.5. The predicted octanol–water partition coefficient (Wildman–Crippen LogP) is 10.9. The Morgan fingerprint density at radius 1 is 0.833 bits per heavy atom. The predicted molar refractivity (Wildman–Crippen MR) is 182 cm³/mol. The van der Waals surface area contributed by atoms with Crippen LogP contribution < -0.4 is 0 Å². The van der Waals surface area contributed by atoms with E-state index < -0.39 is 0 Å². The van der Waals surface area contributed by atoms with Crippen LogP contribution in [0.25, 0.3) is 31.9 Å². The second-order valence-electron chi connectivity index (χ2n) is 13.7. The SMILES string of the molecule is CC(C)Cc1cccc(-c2cccc3sc(-c4ccccc4N=Cc4cc(C(C)(C)C)cc(C(C)(C)C)c4O)nc23)c1. The molecule has 4 heteroatoms. The number of thiazole rings is 1. The zero-order valence-electron chi connectivity index (χ0n) is 26.1. The fraction of sp³-hybridized carbons (Fsp3) is 0.316. The Kier molecular flexibility index (Phi) is 8.13. The van der Waals surface area contributed by atoms with E-state index in [2.05, 4.69) is 116 Å². The van der Waals surface area contributed by atoms with Crippen LogP contribution in [0.2, 0.25) is 0 Å². The quantitative estimate of drug-likeness (QED) is 0.205. The van der Waals surface area contributed by atoms with Crippen molar-refractivity contribution < 1.29 is 5.11 Å². The molecule has 0 saturated carbocycles. The molecule has 5 rings (SSSR count). The standard InChI is InChI=1S/C38H42N2OS/c1-24(2)19-25-13-11-14-26(20-25)29-16-12-18-33-34(29)40-36(42-33)30-15-9-10-17-32(30)39-23-27-21-28(37(3,4)5)22-31(35(27)41)38(6,7)8/h9-18,20-24,41H,19H2,1-8H3. The molecule has 5 aromatic rings. The minimum Gasteiger partial charge on any atom is -0.507 e. The van der Waals surface area contributed by atoms with Crippen molar-refractivity contribution in [2.75, 3.05) is 0 Å². The summed E-state index contributed by atoms with van der Waals surface area (Å²) in [5, 5.41) is 12.2. The first-order valence-electron chi connectivity index (χ1n) is 14.8.